The molecule has 0 aliphatic carbocycles. The Morgan fingerprint density at radius 1 is 1.23 bits per heavy atom. The average Bonchev–Trinajstić information content (AvgIpc) is 2.59. The van der Waals surface area contributed by atoms with E-state index in [9.17, 15) is 18.0 Å². The number of anilines is 2. The van der Waals surface area contributed by atoms with Gasteiger partial charge in [0.1, 0.15) is 0 Å². The van der Waals surface area contributed by atoms with E-state index in [2.05, 4.69) is 10.6 Å². The van der Waals surface area contributed by atoms with Gasteiger partial charge in [-0.1, -0.05) is 13.8 Å². The molecule has 0 radical (unpaired) electrons. The molecule has 0 aromatic heterocycles. The summed E-state index contributed by atoms with van der Waals surface area (Å²) in [5.74, 6) is -0.0217. The minimum atomic E-state index is -4.46. The van der Waals surface area contributed by atoms with Crippen molar-refractivity contribution < 1.29 is 22.7 Å². The van der Waals surface area contributed by atoms with Crippen LogP contribution in [-0.2, 0) is 15.7 Å². The zero-order valence-corrected chi connectivity index (χ0v) is 15.3. The van der Waals surface area contributed by atoms with Crippen LogP contribution in [0.1, 0.15) is 26.3 Å². The smallest absolute Gasteiger partial charge is 0.378 e. The number of nitrogens with zero attached hydrogens (tertiary/aromatic N) is 1. The van der Waals surface area contributed by atoms with Crippen LogP contribution >= 0.6 is 0 Å². The van der Waals surface area contributed by atoms with Crippen LogP contribution in [0.2, 0.25) is 0 Å². The van der Waals surface area contributed by atoms with E-state index >= 15 is 0 Å². The minimum Gasteiger partial charge on any atom is -0.378 e. The molecular formula is C18H26F3N3O2. The van der Waals surface area contributed by atoms with Crippen LogP contribution in [0.5, 0.6) is 0 Å². The predicted molar refractivity (Wildman–Crippen MR) is 95.4 cm³/mol. The van der Waals surface area contributed by atoms with Crippen LogP contribution < -0.4 is 15.5 Å². The van der Waals surface area contributed by atoms with Crippen molar-refractivity contribution in [2.24, 2.45) is 5.92 Å². The summed E-state index contributed by atoms with van der Waals surface area (Å²) in [5.41, 5.74) is -0.0365. The summed E-state index contributed by atoms with van der Waals surface area (Å²) in [6.45, 7) is 8.19. The molecule has 1 amide bonds. The zero-order chi connectivity index (χ0) is 19.3. The van der Waals surface area contributed by atoms with Crippen molar-refractivity contribution in [3.63, 3.8) is 0 Å². The summed E-state index contributed by atoms with van der Waals surface area (Å²) in [6, 6.07) is 3.57. The number of halogens is 3. The molecule has 0 unspecified atom stereocenters. The number of ether oxygens (including phenoxy) is 1. The Balaban J connectivity index is 2.18. The fourth-order valence-electron chi connectivity index (χ4n) is 2.58. The average molecular weight is 373 g/mol. The fourth-order valence-corrected chi connectivity index (χ4v) is 2.58. The molecule has 0 bridgehead atoms. The summed E-state index contributed by atoms with van der Waals surface area (Å²) in [4.78, 5) is 14.2. The lowest BCUT2D eigenvalue weighted by Gasteiger charge is -2.31. The number of hydrogen-bond acceptors (Lipinski definition) is 4. The van der Waals surface area contributed by atoms with Gasteiger partial charge in [-0.15, -0.1) is 0 Å². The van der Waals surface area contributed by atoms with Gasteiger partial charge >= 0.3 is 6.18 Å². The third-order valence-electron chi connectivity index (χ3n) is 4.53. The standard InChI is InChI=1S/C18H26F3N3O2/c1-12(2)13(3)22-11-17(25)23-15-10-14(18(19,20)21)4-5-16(15)24-6-8-26-9-7-24/h4-5,10,12-13,22H,6-9,11H2,1-3H3,(H,23,25)/t13-/m1/s1. The maximum atomic E-state index is 13.1. The van der Waals surface area contributed by atoms with Gasteiger partial charge in [-0.25, -0.2) is 0 Å². The molecule has 146 valence electrons. The van der Waals surface area contributed by atoms with Crippen molar-refractivity contribution in [3.8, 4) is 0 Å². The molecule has 2 rings (SSSR count). The molecular weight excluding hydrogens is 347 g/mol. The van der Waals surface area contributed by atoms with Gasteiger partial charge in [0.25, 0.3) is 0 Å². The number of alkyl halides is 3. The molecule has 1 aromatic carbocycles. The minimum absolute atomic E-state index is 0.0398. The molecule has 1 heterocycles. The van der Waals surface area contributed by atoms with Crippen LogP contribution in [0.25, 0.3) is 0 Å². The number of rotatable bonds is 6. The molecule has 1 aliphatic rings. The quantitative estimate of drug-likeness (QED) is 0.805. The van der Waals surface area contributed by atoms with Crippen molar-refractivity contribution in [2.45, 2.75) is 33.0 Å². The molecule has 1 aromatic rings. The van der Waals surface area contributed by atoms with Gasteiger partial charge < -0.3 is 20.3 Å². The number of hydrogen-bond donors (Lipinski definition) is 2. The van der Waals surface area contributed by atoms with Gasteiger partial charge in [-0.2, -0.15) is 13.2 Å². The SMILES string of the molecule is CC(C)[C@@H](C)NCC(=O)Nc1cc(C(F)(F)F)ccc1N1CCOCC1. The van der Waals surface area contributed by atoms with Crippen LogP contribution in [-0.4, -0.2) is 44.8 Å². The maximum absolute atomic E-state index is 13.1. The molecule has 8 heteroatoms. The lowest BCUT2D eigenvalue weighted by molar-refractivity contribution is -0.137. The van der Waals surface area contributed by atoms with E-state index in [1.165, 1.54) is 6.07 Å². The van der Waals surface area contributed by atoms with Gasteiger partial charge in [0.05, 0.1) is 36.7 Å². The number of carbonyl (C=O) groups is 1. The third kappa shape index (κ3) is 5.60. The summed E-state index contributed by atoms with van der Waals surface area (Å²) in [7, 11) is 0. The Kier molecular flexibility index (Phi) is 6.88. The fraction of sp³-hybridized carbons (Fsp3) is 0.611. The van der Waals surface area contributed by atoms with E-state index in [0.29, 0.717) is 37.9 Å². The normalized spacial score (nSPS) is 16.7. The summed E-state index contributed by atoms with van der Waals surface area (Å²) in [6.07, 6.45) is -4.46. The molecule has 26 heavy (non-hydrogen) atoms. The number of amides is 1. The molecule has 2 N–H and O–H groups in total. The molecule has 1 aliphatic heterocycles. The van der Waals surface area contributed by atoms with E-state index in [4.69, 9.17) is 4.74 Å². The van der Waals surface area contributed by atoms with Crippen LogP contribution in [0.3, 0.4) is 0 Å². The van der Waals surface area contributed by atoms with Crippen LogP contribution in [0.4, 0.5) is 24.5 Å². The monoisotopic (exact) mass is 373 g/mol. The lowest BCUT2D eigenvalue weighted by atomic mass is 10.1. The Bertz CT molecular complexity index is 614. The molecule has 0 spiro atoms. The summed E-state index contributed by atoms with van der Waals surface area (Å²) in [5, 5.41) is 5.71. The highest BCUT2D eigenvalue weighted by Crippen LogP contribution is 2.35. The Morgan fingerprint density at radius 3 is 2.46 bits per heavy atom. The van der Waals surface area contributed by atoms with Gasteiger partial charge in [0, 0.05) is 19.1 Å². The second kappa shape index (κ2) is 8.73. The van der Waals surface area contributed by atoms with E-state index in [1.54, 1.807) is 0 Å². The molecule has 5 nitrogen and oxygen atoms in total. The summed E-state index contributed by atoms with van der Waals surface area (Å²) >= 11 is 0. The first-order chi connectivity index (χ1) is 12.2. The second-order valence-corrected chi connectivity index (χ2v) is 6.79. The van der Waals surface area contributed by atoms with Crippen molar-refractivity contribution in [1.29, 1.82) is 0 Å². The van der Waals surface area contributed by atoms with E-state index < -0.39 is 11.7 Å². The van der Waals surface area contributed by atoms with E-state index in [0.717, 1.165) is 12.1 Å². The molecule has 1 saturated heterocycles. The third-order valence-corrected chi connectivity index (χ3v) is 4.53. The Morgan fingerprint density at radius 2 is 1.88 bits per heavy atom. The first-order valence-electron chi connectivity index (χ1n) is 8.75. The Labute approximate surface area is 151 Å². The molecule has 1 fully saturated rings. The number of nitrogens with one attached hydrogen (secondary N) is 2. The highest BCUT2D eigenvalue weighted by Gasteiger charge is 2.32. The van der Waals surface area contributed by atoms with Crippen LogP contribution in [0.15, 0.2) is 18.2 Å². The Hall–Kier alpha value is -1.80. The largest absolute Gasteiger partial charge is 0.416 e. The highest BCUT2D eigenvalue weighted by atomic mass is 19.4. The number of morpholine rings is 1. The number of benzene rings is 1. The lowest BCUT2D eigenvalue weighted by Crippen LogP contribution is -2.38. The van der Waals surface area contributed by atoms with Gasteiger partial charge in [-0.05, 0) is 31.0 Å². The van der Waals surface area contributed by atoms with Crippen LogP contribution in [0, 0.1) is 5.92 Å². The highest BCUT2D eigenvalue weighted by molar-refractivity contribution is 5.95. The van der Waals surface area contributed by atoms with E-state index in [1.807, 2.05) is 25.7 Å². The van der Waals surface area contributed by atoms with Crippen molar-refractivity contribution in [1.82, 2.24) is 5.32 Å². The first kappa shape index (κ1) is 20.5. The summed E-state index contributed by atoms with van der Waals surface area (Å²) < 4.78 is 44.5. The van der Waals surface area contributed by atoms with Crippen molar-refractivity contribution in [2.75, 3.05) is 43.1 Å². The predicted octanol–water partition coefficient (Wildman–Crippen LogP) is 3.11. The molecule has 1 atom stereocenters. The van der Waals surface area contributed by atoms with Crippen molar-refractivity contribution >= 4 is 17.3 Å². The number of carbonyl (C=O) groups excluding carboxylic acids is 1. The van der Waals surface area contributed by atoms with E-state index in [-0.39, 0.29) is 24.2 Å². The first-order valence-corrected chi connectivity index (χ1v) is 8.75. The maximum Gasteiger partial charge on any atom is 0.416 e. The topological polar surface area (TPSA) is 53.6 Å². The van der Waals surface area contributed by atoms with Gasteiger partial charge in [-0.3, -0.25) is 4.79 Å². The van der Waals surface area contributed by atoms with Crippen molar-refractivity contribution in [3.05, 3.63) is 23.8 Å². The van der Waals surface area contributed by atoms with Gasteiger partial charge in [0.2, 0.25) is 5.91 Å². The second-order valence-electron chi connectivity index (χ2n) is 6.79. The van der Waals surface area contributed by atoms with Gasteiger partial charge in [0.15, 0.2) is 0 Å². The molecule has 0 saturated carbocycles. The zero-order valence-electron chi connectivity index (χ0n) is 15.3.